The Hall–Kier alpha value is -1.15. The molecular formula is C19H29NO. The van der Waals surface area contributed by atoms with Crippen molar-refractivity contribution in [1.82, 2.24) is 0 Å². The number of nitrogens with zero attached hydrogens (tertiary/aromatic N) is 1. The van der Waals surface area contributed by atoms with Gasteiger partial charge in [0.1, 0.15) is 0 Å². The first-order valence-electron chi connectivity index (χ1n) is 7.98. The number of rotatable bonds is 5. The topological polar surface area (TPSA) is 32.6 Å². The molecule has 0 radical (unpaired) electrons. The van der Waals surface area contributed by atoms with Crippen LogP contribution >= 0.6 is 0 Å². The molecule has 0 fully saturated rings. The highest BCUT2D eigenvalue weighted by Crippen LogP contribution is 2.34. The number of hydrogen-bond acceptors (Lipinski definition) is 2. The van der Waals surface area contributed by atoms with Crippen LogP contribution in [0.5, 0.6) is 0 Å². The molecular weight excluding hydrogens is 258 g/mol. The molecule has 2 heteroatoms. The molecule has 1 atom stereocenters. The van der Waals surface area contributed by atoms with Crippen molar-refractivity contribution < 1.29 is 5.11 Å². The van der Waals surface area contributed by atoms with E-state index in [9.17, 15) is 5.11 Å². The van der Waals surface area contributed by atoms with Gasteiger partial charge in [-0.2, -0.15) is 0 Å². The van der Waals surface area contributed by atoms with Gasteiger partial charge in [0.25, 0.3) is 0 Å². The number of aliphatic imine (C=N–C) groups is 1. The summed E-state index contributed by atoms with van der Waals surface area (Å²) in [7, 11) is 0. The molecule has 0 saturated heterocycles. The van der Waals surface area contributed by atoms with Gasteiger partial charge < -0.3 is 5.11 Å². The van der Waals surface area contributed by atoms with E-state index in [4.69, 9.17) is 4.99 Å². The quantitative estimate of drug-likeness (QED) is 0.868. The third-order valence-corrected chi connectivity index (χ3v) is 4.35. The van der Waals surface area contributed by atoms with Gasteiger partial charge in [-0.25, -0.2) is 0 Å². The lowest BCUT2D eigenvalue weighted by molar-refractivity contribution is 0.106. The molecule has 0 aromatic heterocycles. The first kappa shape index (κ1) is 16.2. The molecule has 0 spiro atoms. The van der Waals surface area contributed by atoms with Gasteiger partial charge in [0.15, 0.2) is 0 Å². The van der Waals surface area contributed by atoms with E-state index < -0.39 is 0 Å². The van der Waals surface area contributed by atoms with E-state index in [0.717, 1.165) is 19.4 Å². The van der Waals surface area contributed by atoms with E-state index in [0.29, 0.717) is 5.92 Å². The second-order valence-electron chi connectivity index (χ2n) is 8.13. The van der Waals surface area contributed by atoms with Crippen molar-refractivity contribution in [3.63, 3.8) is 0 Å². The molecule has 1 aromatic rings. The van der Waals surface area contributed by atoms with Crippen molar-refractivity contribution in [2.45, 2.75) is 47.5 Å². The summed E-state index contributed by atoms with van der Waals surface area (Å²) in [5.41, 5.74) is 4.10. The van der Waals surface area contributed by atoms with Gasteiger partial charge in [-0.05, 0) is 34.8 Å². The van der Waals surface area contributed by atoms with Crippen molar-refractivity contribution in [3.8, 4) is 0 Å². The molecule has 1 aliphatic carbocycles. The Morgan fingerprint density at radius 3 is 2.48 bits per heavy atom. The number of aliphatic hydroxyl groups is 1. The Balaban J connectivity index is 2.14. The zero-order valence-corrected chi connectivity index (χ0v) is 14.1. The summed E-state index contributed by atoms with van der Waals surface area (Å²) in [4.78, 5) is 4.97. The molecule has 116 valence electrons. The minimum Gasteiger partial charge on any atom is -0.396 e. The number of hydrogen-bond donors (Lipinski definition) is 1. The average Bonchev–Trinajstić information content (AvgIpc) is 2.71. The molecule has 0 heterocycles. The van der Waals surface area contributed by atoms with E-state index in [1.807, 2.05) is 0 Å². The molecule has 2 nitrogen and oxygen atoms in total. The Bertz CT molecular complexity index is 528. The Morgan fingerprint density at radius 1 is 1.14 bits per heavy atom. The molecule has 1 aromatic carbocycles. The van der Waals surface area contributed by atoms with E-state index >= 15 is 0 Å². The maximum atomic E-state index is 9.47. The van der Waals surface area contributed by atoms with Gasteiger partial charge in [-0.15, -0.1) is 0 Å². The molecule has 21 heavy (non-hydrogen) atoms. The summed E-state index contributed by atoms with van der Waals surface area (Å²) in [5.74, 6) is 0.518. The standard InChI is InChI=1S/C19H29NO/c1-14-10-15-8-6-7-9-16(15)17(14)20-12-18(2,3)11-19(4,5)13-21/h6-9,14,21H,10-13H2,1-5H3. The molecule has 0 aliphatic heterocycles. The summed E-state index contributed by atoms with van der Waals surface area (Å²) in [5, 5.41) is 9.47. The van der Waals surface area contributed by atoms with Gasteiger partial charge >= 0.3 is 0 Å². The van der Waals surface area contributed by atoms with E-state index in [1.54, 1.807) is 0 Å². The smallest absolute Gasteiger partial charge is 0.0482 e. The molecule has 1 unspecified atom stereocenters. The summed E-state index contributed by atoms with van der Waals surface area (Å²) in [6, 6.07) is 8.63. The maximum Gasteiger partial charge on any atom is 0.0482 e. The molecule has 0 bridgehead atoms. The first-order valence-corrected chi connectivity index (χ1v) is 7.98. The van der Waals surface area contributed by atoms with Crippen LogP contribution in [0.3, 0.4) is 0 Å². The Kier molecular flexibility index (Phi) is 4.57. The molecule has 0 amide bonds. The Labute approximate surface area is 129 Å². The second kappa shape index (κ2) is 5.92. The molecule has 1 aliphatic rings. The second-order valence-corrected chi connectivity index (χ2v) is 8.13. The summed E-state index contributed by atoms with van der Waals surface area (Å²) in [6.07, 6.45) is 2.08. The van der Waals surface area contributed by atoms with Crippen LogP contribution in [0.2, 0.25) is 0 Å². The van der Waals surface area contributed by atoms with E-state index in [1.165, 1.54) is 16.8 Å². The van der Waals surface area contributed by atoms with Crippen LogP contribution in [0, 0.1) is 16.7 Å². The van der Waals surface area contributed by atoms with Gasteiger partial charge in [-0.1, -0.05) is 58.9 Å². The first-order chi connectivity index (χ1) is 9.74. The molecule has 0 saturated carbocycles. The predicted octanol–water partition coefficient (Wildman–Crippen LogP) is 4.10. The number of aliphatic hydroxyl groups excluding tert-OH is 1. The summed E-state index contributed by atoms with van der Waals surface area (Å²) in [6.45, 7) is 12.1. The zero-order chi connectivity index (χ0) is 15.7. The fraction of sp³-hybridized carbons (Fsp3) is 0.632. The monoisotopic (exact) mass is 287 g/mol. The van der Waals surface area contributed by atoms with Crippen molar-refractivity contribution >= 4 is 5.71 Å². The lowest BCUT2D eigenvalue weighted by Gasteiger charge is -2.32. The zero-order valence-electron chi connectivity index (χ0n) is 14.1. The normalized spacial score (nSPS) is 20.9. The van der Waals surface area contributed by atoms with E-state index in [-0.39, 0.29) is 17.4 Å². The van der Waals surface area contributed by atoms with Crippen molar-refractivity contribution in [1.29, 1.82) is 0 Å². The third kappa shape index (κ3) is 3.94. The van der Waals surface area contributed by atoms with Gasteiger partial charge in [0, 0.05) is 24.8 Å². The minimum absolute atomic E-state index is 0.0388. The minimum atomic E-state index is -0.0388. The third-order valence-electron chi connectivity index (χ3n) is 4.35. The average molecular weight is 287 g/mol. The van der Waals surface area contributed by atoms with Crippen molar-refractivity contribution in [3.05, 3.63) is 35.4 Å². The van der Waals surface area contributed by atoms with Gasteiger partial charge in [0.2, 0.25) is 0 Å². The summed E-state index contributed by atoms with van der Waals surface area (Å²) < 4.78 is 0. The van der Waals surface area contributed by atoms with E-state index in [2.05, 4.69) is 58.9 Å². The van der Waals surface area contributed by atoms with Crippen LogP contribution in [0.4, 0.5) is 0 Å². The molecule has 2 rings (SSSR count). The van der Waals surface area contributed by atoms with Crippen LogP contribution in [-0.4, -0.2) is 24.0 Å². The Morgan fingerprint density at radius 2 is 1.81 bits per heavy atom. The van der Waals surface area contributed by atoms with Crippen molar-refractivity contribution in [2.24, 2.45) is 21.7 Å². The SMILES string of the molecule is CC1Cc2ccccc2C1=NCC(C)(C)CC(C)(C)CO. The van der Waals surface area contributed by atoms with Crippen LogP contribution in [0.15, 0.2) is 29.3 Å². The van der Waals surface area contributed by atoms with Crippen LogP contribution in [0.25, 0.3) is 0 Å². The number of fused-ring (bicyclic) bond motifs is 1. The largest absolute Gasteiger partial charge is 0.396 e. The van der Waals surface area contributed by atoms with Crippen LogP contribution in [0.1, 0.15) is 52.2 Å². The fourth-order valence-corrected chi connectivity index (χ4v) is 3.59. The van der Waals surface area contributed by atoms with Gasteiger partial charge in [-0.3, -0.25) is 4.99 Å². The highest BCUT2D eigenvalue weighted by molar-refractivity contribution is 6.06. The predicted molar refractivity (Wildman–Crippen MR) is 90.0 cm³/mol. The van der Waals surface area contributed by atoms with Crippen molar-refractivity contribution in [2.75, 3.05) is 13.2 Å². The van der Waals surface area contributed by atoms with Gasteiger partial charge in [0.05, 0.1) is 0 Å². The highest BCUT2D eigenvalue weighted by Gasteiger charge is 2.30. The lowest BCUT2D eigenvalue weighted by Crippen LogP contribution is -2.28. The highest BCUT2D eigenvalue weighted by atomic mass is 16.3. The fourth-order valence-electron chi connectivity index (χ4n) is 3.59. The van der Waals surface area contributed by atoms with Crippen LogP contribution in [-0.2, 0) is 6.42 Å². The van der Waals surface area contributed by atoms with Crippen LogP contribution < -0.4 is 0 Å². The number of benzene rings is 1. The lowest BCUT2D eigenvalue weighted by atomic mass is 9.75. The maximum absolute atomic E-state index is 9.47. The summed E-state index contributed by atoms with van der Waals surface area (Å²) >= 11 is 0. The molecule has 1 N–H and O–H groups in total.